The van der Waals surface area contributed by atoms with Gasteiger partial charge in [-0.05, 0) is 58.4 Å². The summed E-state index contributed by atoms with van der Waals surface area (Å²) < 4.78 is 5.37. The summed E-state index contributed by atoms with van der Waals surface area (Å²) in [7, 11) is 3.70. The highest BCUT2D eigenvalue weighted by atomic mass is 32.2. The summed E-state index contributed by atoms with van der Waals surface area (Å²) in [6.07, 6.45) is 4.47. The molecular weight excluding hydrogens is 490 g/mol. The Morgan fingerprint density at radius 3 is 2.65 bits per heavy atom. The van der Waals surface area contributed by atoms with Crippen molar-refractivity contribution in [1.29, 1.82) is 0 Å². The van der Waals surface area contributed by atoms with Gasteiger partial charge in [-0.1, -0.05) is 6.07 Å². The van der Waals surface area contributed by atoms with E-state index in [1.165, 1.54) is 6.21 Å². The molecule has 1 aromatic rings. The number of anilines is 2. The molecule has 1 rings (SSSR count). The van der Waals surface area contributed by atoms with Gasteiger partial charge in [-0.25, -0.2) is 9.79 Å². The minimum Gasteiger partial charge on any atom is -0.444 e. The van der Waals surface area contributed by atoms with Crippen LogP contribution in [-0.4, -0.2) is 94.3 Å². The fraction of sp³-hybridized carbons (Fsp3) is 0.538. The van der Waals surface area contributed by atoms with Gasteiger partial charge in [0.1, 0.15) is 11.4 Å². The number of benzene rings is 1. The summed E-state index contributed by atoms with van der Waals surface area (Å²) >= 11 is 1.56. The first-order valence-corrected chi connectivity index (χ1v) is 13.5. The second kappa shape index (κ2) is 16.6. The van der Waals surface area contributed by atoms with Crippen molar-refractivity contribution in [3.8, 4) is 0 Å². The summed E-state index contributed by atoms with van der Waals surface area (Å²) in [4.78, 5) is 35.2. The molecule has 11 heteroatoms. The predicted molar refractivity (Wildman–Crippen MR) is 157 cm³/mol. The monoisotopic (exact) mass is 533 g/mol. The minimum atomic E-state index is -0.522. The molecule has 1 atom stereocenters. The van der Waals surface area contributed by atoms with Gasteiger partial charge in [0.15, 0.2) is 6.29 Å². The third kappa shape index (κ3) is 13.2. The molecule has 0 spiro atoms. The molecule has 0 aromatic heterocycles. The van der Waals surface area contributed by atoms with E-state index in [-0.39, 0.29) is 12.1 Å². The van der Waals surface area contributed by atoms with E-state index in [2.05, 4.69) is 32.2 Å². The summed E-state index contributed by atoms with van der Waals surface area (Å²) in [6, 6.07) is 7.91. The van der Waals surface area contributed by atoms with Crippen molar-refractivity contribution in [3.63, 3.8) is 0 Å². The van der Waals surface area contributed by atoms with Crippen molar-refractivity contribution >= 4 is 48.4 Å². The molecule has 10 nitrogen and oxygen atoms in total. The Labute approximate surface area is 225 Å². The van der Waals surface area contributed by atoms with Crippen LogP contribution < -0.4 is 21.3 Å². The number of aldehydes is 1. The number of likely N-dealkylation sites (N-methyl/N-ethyl adjacent to an activating group) is 1. The number of carbonyl (C=O) groups is 2. The summed E-state index contributed by atoms with van der Waals surface area (Å²) in [6.45, 7) is 11.4. The standard InChI is InChI=1S/C26H43N7O3S/c1-26(2,3)36-25(35)33(6)13-11-21(27)17-31-22-9-8-10-23(15-22)32(5)14-12-30-24(28-4)20(18-34)16-29-19-37-7/h8-10,15-16,18,21,30-31H,4,11-14,17,19,27H2,1-3,5-7H3/b24-20-,29-16?. The van der Waals surface area contributed by atoms with E-state index in [4.69, 9.17) is 10.5 Å². The Bertz CT molecular complexity index is 931. The molecule has 4 N–H and O–H groups in total. The van der Waals surface area contributed by atoms with Gasteiger partial charge in [0.25, 0.3) is 0 Å². The Morgan fingerprint density at radius 1 is 1.30 bits per heavy atom. The molecule has 0 bridgehead atoms. The van der Waals surface area contributed by atoms with E-state index in [0.717, 1.165) is 17.7 Å². The van der Waals surface area contributed by atoms with Gasteiger partial charge in [-0.15, -0.1) is 11.8 Å². The van der Waals surface area contributed by atoms with Gasteiger partial charge in [0, 0.05) is 63.9 Å². The Kier molecular flexibility index (Phi) is 14.4. The highest BCUT2D eigenvalue weighted by Gasteiger charge is 2.19. The number of aliphatic imine (C=N–C) groups is 2. The van der Waals surface area contributed by atoms with Crippen molar-refractivity contribution < 1.29 is 14.3 Å². The molecule has 0 aliphatic heterocycles. The zero-order valence-corrected chi connectivity index (χ0v) is 23.8. The first kappa shape index (κ1) is 32.0. The zero-order valence-electron chi connectivity index (χ0n) is 23.0. The molecule has 1 amide bonds. The van der Waals surface area contributed by atoms with E-state index in [0.29, 0.717) is 49.9 Å². The maximum absolute atomic E-state index is 12.1. The van der Waals surface area contributed by atoms with Crippen LogP contribution in [0.2, 0.25) is 0 Å². The Hall–Kier alpha value is -3.05. The van der Waals surface area contributed by atoms with Gasteiger partial charge >= 0.3 is 6.09 Å². The summed E-state index contributed by atoms with van der Waals surface area (Å²) in [5, 5.41) is 6.53. The van der Waals surface area contributed by atoms with Gasteiger partial charge in [-0.2, -0.15) is 0 Å². The largest absolute Gasteiger partial charge is 0.444 e. The van der Waals surface area contributed by atoms with E-state index in [1.807, 2.05) is 58.3 Å². The quantitative estimate of drug-likeness (QED) is 0.168. The third-order valence-corrected chi connectivity index (χ3v) is 5.54. The number of amides is 1. The lowest BCUT2D eigenvalue weighted by Gasteiger charge is -2.25. The van der Waals surface area contributed by atoms with E-state index < -0.39 is 5.60 Å². The van der Waals surface area contributed by atoms with Crippen molar-refractivity contribution in [2.45, 2.75) is 38.8 Å². The molecule has 0 fully saturated rings. The van der Waals surface area contributed by atoms with E-state index >= 15 is 0 Å². The van der Waals surface area contributed by atoms with Gasteiger partial charge in [-0.3, -0.25) is 9.79 Å². The maximum atomic E-state index is 12.1. The van der Waals surface area contributed by atoms with E-state index in [9.17, 15) is 9.59 Å². The fourth-order valence-corrected chi connectivity index (χ4v) is 3.30. The topological polar surface area (TPSA) is 125 Å². The lowest BCUT2D eigenvalue weighted by molar-refractivity contribution is -0.104. The van der Waals surface area contributed by atoms with Gasteiger partial charge < -0.3 is 30.9 Å². The van der Waals surface area contributed by atoms with Gasteiger partial charge in [0.2, 0.25) is 0 Å². The second-order valence-electron chi connectivity index (χ2n) is 9.54. The highest BCUT2D eigenvalue weighted by molar-refractivity contribution is 7.98. The van der Waals surface area contributed by atoms with Crippen LogP contribution in [0, 0.1) is 0 Å². The predicted octanol–water partition coefficient (Wildman–Crippen LogP) is 3.21. The Balaban J connectivity index is 2.56. The number of hydrogen-bond acceptors (Lipinski definition) is 10. The van der Waals surface area contributed by atoms with Crippen LogP contribution in [0.3, 0.4) is 0 Å². The smallest absolute Gasteiger partial charge is 0.410 e. The molecule has 1 aromatic carbocycles. The SMILES string of the molecule is C=N/C(NCCN(C)c1cccc(NCC(N)CCN(C)C(=O)OC(C)(C)C)c1)=C(/C=O)C=NCSC. The van der Waals surface area contributed by atoms with Crippen LogP contribution in [-0.2, 0) is 9.53 Å². The van der Waals surface area contributed by atoms with Crippen molar-refractivity contribution in [1.82, 2.24) is 10.2 Å². The lowest BCUT2D eigenvalue weighted by atomic mass is 10.2. The van der Waals surface area contributed by atoms with Crippen LogP contribution in [0.4, 0.5) is 16.2 Å². The number of thioether (sulfide) groups is 1. The molecule has 0 heterocycles. The Morgan fingerprint density at radius 2 is 2.03 bits per heavy atom. The van der Waals surface area contributed by atoms with Crippen LogP contribution in [0.5, 0.6) is 0 Å². The van der Waals surface area contributed by atoms with Crippen LogP contribution in [0.15, 0.2) is 45.6 Å². The lowest BCUT2D eigenvalue weighted by Crippen LogP contribution is -2.38. The normalized spacial score (nSPS) is 12.9. The minimum absolute atomic E-state index is 0.126. The number of ether oxygens (including phenoxy) is 1. The van der Waals surface area contributed by atoms with Crippen LogP contribution >= 0.6 is 11.8 Å². The highest BCUT2D eigenvalue weighted by Crippen LogP contribution is 2.18. The number of carbonyl (C=O) groups excluding carboxylic acids is 2. The van der Waals surface area contributed by atoms with E-state index in [1.54, 1.807) is 23.7 Å². The molecule has 0 aliphatic carbocycles. The maximum Gasteiger partial charge on any atom is 0.410 e. The number of nitrogens with two attached hydrogens (primary N) is 1. The second-order valence-corrected chi connectivity index (χ2v) is 10.4. The van der Waals surface area contributed by atoms with Crippen molar-refractivity contribution in [2.24, 2.45) is 15.7 Å². The molecule has 0 radical (unpaired) electrons. The number of nitrogens with one attached hydrogen (secondary N) is 2. The molecular formula is C26H43N7O3S. The zero-order chi connectivity index (χ0) is 27.8. The van der Waals surface area contributed by atoms with Gasteiger partial charge in [0.05, 0.1) is 11.4 Å². The average molecular weight is 534 g/mol. The number of nitrogens with zero attached hydrogens (tertiary/aromatic N) is 4. The molecule has 1 unspecified atom stereocenters. The van der Waals surface area contributed by atoms with Crippen LogP contribution in [0.1, 0.15) is 27.2 Å². The summed E-state index contributed by atoms with van der Waals surface area (Å²) in [5.41, 5.74) is 8.09. The number of rotatable bonds is 16. The molecule has 0 saturated carbocycles. The van der Waals surface area contributed by atoms with Crippen LogP contribution in [0.25, 0.3) is 0 Å². The first-order chi connectivity index (χ1) is 17.5. The summed E-state index contributed by atoms with van der Waals surface area (Å²) in [5.74, 6) is 0.984. The first-order valence-electron chi connectivity index (χ1n) is 12.1. The van der Waals surface area contributed by atoms with Crippen molar-refractivity contribution in [3.05, 3.63) is 35.7 Å². The molecule has 0 aliphatic rings. The molecule has 0 saturated heterocycles. The molecule has 37 heavy (non-hydrogen) atoms. The molecule has 206 valence electrons. The number of hydrogen-bond donors (Lipinski definition) is 3. The third-order valence-electron chi connectivity index (χ3n) is 5.13. The number of allylic oxidation sites excluding steroid dienone is 1. The average Bonchev–Trinajstić information content (AvgIpc) is 2.86. The fourth-order valence-electron chi connectivity index (χ4n) is 3.07. The van der Waals surface area contributed by atoms with Crippen molar-refractivity contribution in [2.75, 3.05) is 62.6 Å².